The number of rotatable bonds is 5. The molecule has 0 radical (unpaired) electrons. The molecule has 1 unspecified atom stereocenters. The summed E-state index contributed by atoms with van der Waals surface area (Å²) in [5.41, 5.74) is 7.57. The Morgan fingerprint density at radius 2 is 2.18 bits per heavy atom. The summed E-state index contributed by atoms with van der Waals surface area (Å²) < 4.78 is 10.2. The van der Waals surface area contributed by atoms with E-state index >= 15 is 0 Å². The number of hydrogen-bond donors (Lipinski definition) is 1. The first-order valence-corrected chi connectivity index (χ1v) is 5.60. The monoisotopic (exact) mass is 237 g/mol. The summed E-state index contributed by atoms with van der Waals surface area (Å²) in [6.45, 7) is 3.95. The zero-order valence-electron chi connectivity index (χ0n) is 10.5. The van der Waals surface area contributed by atoms with Crippen LogP contribution in [0, 0.1) is 6.92 Å². The number of nitrogens with two attached hydrogens (primary N) is 1. The summed E-state index contributed by atoms with van der Waals surface area (Å²) in [5, 5.41) is 0. The number of hydrogen-bond acceptors (Lipinski definition) is 4. The first-order chi connectivity index (χ1) is 8.04. The van der Waals surface area contributed by atoms with Gasteiger partial charge in [0.05, 0.1) is 13.7 Å². The number of ether oxygens (including phenoxy) is 2. The molecule has 0 amide bonds. The van der Waals surface area contributed by atoms with Crippen LogP contribution >= 0.6 is 0 Å². The van der Waals surface area contributed by atoms with Gasteiger partial charge >= 0.3 is 5.97 Å². The van der Waals surface area contributed by atoms with Gasteiger partial charge in [-0.1, -0.05) is 12.1 Å². The topological polar surface area (TPSA) is 61.5 Å². The molecule has 0 heterocycles. The molecule has 94 valence electrons. The van der Waals surface area contributed by atoms with Gasteiger partial charge in [-0.05, 0) is 31.0 Å². The number of benzene rings is 1. The van der Waals surface area contributed by atoms with Crippen LogP contribution in [0.2, 0.25) is 0 Å². The van der Waals surface area contributed by atoms with Gasteiger partial charge in [-0.3, -0.25) is 4.79 Å². The van der Waals surface area contributed by atoms with Crippen LogP contribution in [-0.2, 0) is 16.0 Å². The summed E-state index contributed by atoms with van der Waals surface area (Å²) >= 11 is 0. The molecule has 0 fully saturated rings. The SMILES string of the molecule is COc1ccc(CCOC(=O)C(C)N)cc1C. The Labute approximate surface area is 102 Å². The molecule has 0 bridgehead atoms. The number of carbonyl (C=O) groups is 1. The highest BCUT2D eigenvalue weighted by atomic mass is 16.5. The van der Waals surface area contributed by atoms with Gasteiger partial charge in [0.15, 0.2) is 0 Å². The Hall–Kier alpha value is -1.55. The van der Waals surface area contributed by atoms with Crippen LogP contribution in [0.1, 0.15) is 18.1 Å². The molecule has 1 aromatic carbocycles. The van der Waals surface area contributed by atoms with E-state index in [1.54, 1.807) is 14.0 Å². The van der Waals surface area contributed by atoms with Gasteiger partial charge in [0.2, 0.25) is 0 Å². The Balaban J connectivity index is 2.47. The van der Waals surface area contributed by atoms with Crippen LogP contribution in [-0.4, -0.2) is 25.7 Å². The number of esters is 1. The lowest BCUT2D eigenvalue weighted by molar-refractivity contribution is -0.144. The van der Waals surface area contributed by atoms with E-state index in [0.29, 0.717) is 13.0 Å². The average molecular weight is 237 g/mol. The van der Waals surface area contributed by atoms with Crippen molar-refractivity contribution in [1.82, 2.24) is 0 Å². The van der Waals surface area contributed by atoms with E-state index in [4.69, 9.17) is 15.2 Å². The van der Waals surface area contributed by atoms with E-state index in [2.05, 4.69) is 0 Å². The fraction of sp³-hybridized carbons (Fsp3) is 0.462. The Morgan fingerprint density at radius 3 is 2.71 bits per heavy atom. The first kappa shape index (κ1) is 13.5. The lowest BCUT2D eigenvalue weighted by Crippen LogP contribution is -2.29. The minimum absolute atomic E-state index is 0.353. The molecule has 1 atom stereocenters. The normalized spacial score (nSPS) is 12.0. The molecular weight excluding hydrogens is 218 g/mol. The molecule has 0 saturated heterocycles. The molecule has 17 heavy (non-hydrogen) atoms. The van der Waals surface area contributed by atoms with Crippen molar-refractivity contribution < 1.29 is 14.3 Å². The van der Waals surface area contributed by atoms with E-state index in [-0.39, 0.29) is 5.97 Å². The van der Waals surface area contributed by atoms with Crippen molar-refractivity contribution >= 4 is 5.97 Å². The second-order valence-corrected chi connectivity index (χ2v) is 4.01. The van der Waals surface area contributed by atoms with Crippen molar-refractivity contribution in [2.75, 3.05) is 13.7 Å². The van der Waals surface area contributed by atoms with Crippen molar-refractivity contribution in [3.05, 3.63) is 29.3 Å². The van der Waals surface area contributed by atoms with Crippen LogP contribution in [0.25, 0.3) is 0 Å². The van der Waals surface area contributed by atoms with Crippen LogP contribution in [0.15, 0.2) is 18.2 Å². The van der Waals surface area contributed by atoms with Gasteiger partial charge in [-0.25, -0.2) is 0 Å². The van der Waals surface area contributed by atoms with Crippen LogP contribution in [0.5, 0.6) is 5.75 Å². The second-order valence-electron chi connectivity index (χ2n) is 4.01. The van der Waals surface area contributed by atoms with Gasteiger partial charge < -0.3 is 15.2 Å². The number of aryl methyl sites for hydroxylation is 1. The minimum Gasteiger partial charge on any atom is -0.496 e. The van der Waals surface area contributed by atoms with E-state index in [9.17, 15) is 4.79 Å². The first-order valence-electron chi connectivity index (χ1n) is 5.60. The highest BCUT2D eigenvalue weighted by Gasteiger charge is 2.08. The molecule has 0 aliphatic carbocycles. The number of carbonyl (C=O) groups excluding carboxylic acids is 1. The van der Waals surface area contributed by atoms with E-state index in [1.807, 2.05) is 25.1 Å². The molecule has 0 aliphatic rings. The van der Waals surface area contributed by atoms with Gasteiger partial charge in [0.1, 0.15) is 11.8 Å². The fourth-order valence-electron chi connectivity index (χ4n) is 1.50. The quantitative estimate of drug-likeness (QED) is 0.787. The van der Waals surface area contributed by atoms with Gasteiger partial charge in [-0.15, -0.1) is 0 Å². The zero-order valence-corrected chi connectivity index (χ0v) is 10.5. The third-order valence-corrected chi connectivity index (χ3v) is 2.47. The molecule has 1 rings (SSSR count). The highest BCUT2D eigenvalue weighted by molar-refractivity contribution is 5.74. The molecule has 0 aliphatic heterocycles. The minimum atomic E-state index is -0.562. The molecule has 4 heteroatoms. The average Bonchev–Trinajstić information content (AvgIpc) is 2.29. The summed E-state index contributed by atoms with van der Waals surface area (Å²) in [7, 11) is 1.65. The van der Waals surface area contributed by atoms with Crippen molar-refractivity contribution in [2.45, 2.75) is 26.3 Å². The van der Waals surface area contributed by atoms with Crippen molar-refractivity contribution in [1.29, 1.82) is 0 Å². The van der Waals surface area contributed by atoms with Gasteiger partial charge in [0.25, 0.3) is 0 Å². The largest absolute Gasteiger partial charge is 0.496 e. The summed E-state index contributed by atoms with van der Waals surface area (Å²) in [6.07, 6.45) is 0.684. The maximum atomic E-state index is 11.1. The molecule has 2 N–H and O–H groups in total. The molecule has 0 aromatic heterocycles. The smallest absolute Gasteiger partial charge is 0.322 e. The summed E-state index contributed by atoms with van der Waals surface area (Å²) in [5.74, 6) is 0.497. The predicted octanol–water partition coefficient (Wildman–Crippen LogP) is 1.44. The Morgan fingerprint density at radius 1 is 1.47 bits per heavy atom. The lowest BCUT2D eigenvalue weighted by atomic mass is 10.1. The van der Waals surface area contributed by atoms with Gasteiger partial charge in [-0.2, -0.15) is 0 Å². The highest BCUT2D eigenvalue weighted by Crippen LogP contribution is 2.18. The predicted molar refractivity (Wildman–Crippen MR) is 66.0 cm³/mol. The van der Waals surface area contributed by atoms with Gasteiger partial charge in [0, 0.05) is 6.42 Å². The molecular formula is C13H19NO3. The summed E-state index contributed by atoms with van der Waals surface area (Å²) in [6, 6.07) is 5.34. The standard InChI is InChI=1S/C13H19NO3/c1-9-8-11(4-5-12(9)16-3)6-7-17-13(15)10(2)14/h4-5,8,10H,6-7,14H2,1-3H3. The molecule has 1 aromatic rings. The maximum Gasteiger partial charge on any atom is 0.322 e. The van der Waals surface area contributed by atoms with Crippen LogP contribution < -0.4 is 10.5 Å². The van der Waals surface area contributed by atoms with Crippen molar-refractivity contribution in [2.24, 2.45) is 5.73 Å². The number of methoxy groups -OCH3 is 1. The molecule has 0 saturated carbocycles. The lowest BCUT2D eigenvalue weighted by Gasteiger charge is -2.09. The van der Waals surface area contributed by atoms with E-state index < -0.39 is 6.04 Å². The summed E-state index contributed by atoms with van der Waals surface area (Å²) in [4.78, 5) is 11.1. The second kappa shape index (κ2) is 6.25. The van der Waals surface area contributed by atoms with Crippen LogP contribution in [0.4, 0.5) is 0 Å². The maximum absolute atomic E-state index is 11.1. The van der Waals surface area contributed by atoms with E-state index in [0.717, 1.165) is 16.9 Å². The Kier molecular flexibility index (Phi) is 4.97. The fourth-order valence-corrected chi connectivity index (χ4v) is 1.50. The third-order valence-electron chi connectivity index (χ3n) is 2.47. The Bertz CT molecular complexity index is 388. The molecule has 0 spiro atoms. The third kappa shape index (κ3) is 4.07. The van der Waals surface area contributed by atoms with E-state index in [1.165, 1.54) is 0 Å². The van der Waals surface area contributed by atoms with Crippen LogP contribution in [0.3, 0.4) is 0 Å². The molecule has 4 nitrogen and oxygen atoms in total. The zero-order chi connectivity index (χ0) is 12.8. The van der Waals surface area contributed by atoms with Crippen molar-refractivity contribution in [3.8, 4) is 5.75 Å². The van der Waals surface area contributed by atoms with Crippen molar-refractivity contribution in [3.63, 3.8) is 0 Å².